The van der Waals surface area contributed by atoms with E-state index in [4.69, 9.17) is 4.74 Å². The van der Waals surface area contributed by atoms with Gasteiger partial charge in [0.05, 0.1) is 6.10 Å². The standard InChI is InChI=1S/C14H27N3O/c1-5-10-15-13(14(6-2)18-4)8-7-12-9-11-16-17(12)3/h9,11,13-15H,5-8,10H2,1-4H3. The quantitative estimate of drug-likeness (QED) is 0.733. The van der Waals surface area contributed by atoms with E-state index in [2.05, 4.69) is 30.3 Å². The topological polar surface area (TPSA) is 39.1 Å². The molecule has 18 heavy (non-hydrogen) atoms. The molecule has 0 radical (unpaired) electrons. The van der Waals surface area contributed by atoms with Crippen molar-refractivity contribution >= 4 is 0 Å². The van der Waals surface area contributed by atoms with Gasteiger partial charge in [-0.25, -0.2) is 0 Å². The summed E-state index contributed by atoms with van der Waals surface area (Å²) in [5.74, 6) is 0. The van der Waals surface area contributed by atoms with Crippen molar-refractivity contribution in [3.8, 4) is 0 Å². The second-order valence-corrected chi connectivity index (χ2v) is 4.73. The van der Waals surface area contributed by atoms with E-state index in [1.54, 1.807) is 7.11 Å². The molecule has 0 saturated carbocycles. The maximum absolute atomic E-state index is 5.57. The Morgan fingerprint density at radius 3 is 2.72 bits per heavy atom. The number of methoxy groups -OCH3 is 1. The van der Waals surface area contributed by atoms with Crippen molar-refractivity contribution in [2.75, 3.05) is 13.7 Å². The molecule has 2 unspecified atom stereocenters. The molecule has 1 N–H and O–H groups in total. The van der Waals surface area contributed by atoms with Crippen LogP contribution in [-0.2, 0) is 18.2 Å². The number of ether oxygens (including phenoxy) is 1. The molecule has 0 aromatic carbocycles. The lowest BCUT2D eigenvalue weighted by Gasteiger charge is -2.26. The minimum Gasteiger partial charge on any atom is -0.380 e. The molecule has 4 heteroatoms. The number of nitrogens with one attached hydrogen (secondary N) is 1. The maximum Gasteiger partial charge on any atom is 0.0721 e. The fourth-order valence-corrected chi connectivity index (χ4v) is 2.31. The van der Waals surface area contributed by atoms with Gasteiger partial charge in [-0.3, -0.25) is 4.68 Å². The van der Waals surface area contributed by atoms with E-state index >= 15 is 0 Å². The molecule has 0 bridgehead atoms. The molecule has 0 amide bonds. The Balaban J connectivity index is 2.52. The molecular formula is C14H27N3O. The Kier molecular flexibility index (Phi) is 6.98. The van der Waals surface area contributed by atoms with Crippen molar-refractivity contribution in [3.63, 3.8) is 0 Å². The van der Waals surface area contributed by atoms with Gasteiger partial charge in [0, 0.05) is 32.1 Å². The average molecular weight is 253 g/mol. The van der Waals surface area contributed by atoms with Crippen LogP contribution in [0.15, 0.2) is 12.3 Å². The van der Waals surface area contributed by atoms with Gasteiger partial charge in [0.25, 0.3) is 0 Å². The summed E-state index contributed by atoms with van der Waals surface area (Å²) >= 11 is 0. The minimum atomic E-state index is 0.296. The molecule has 0 aliphatic carbocycles. The van der Waals surface area contributed by atoms with Gasteiger partial charge in [-0.2, -0.15) is 5.10 Å². The van der Waals surface area contributed by atoms with Crippen LogP contribution in [0.2, 0.25) is 0 Å². The van der Waals surface area contributed by atoms with Gasteiger partial charge in [-0.15, -0.1) is 0 Å². The van der Waals surface area contributed by atoms with E-state index in [1.807, 2.05) is 17.9 Å². The molecule has 0 aliphatic rings. The summed E-state index contributed by atoms with van der Waals surface area (Å²) in [6.45, 7) is 5.42. The Bertz CT molecular complexity index is 321. The summed E-state index contributed by atoms with van der Waals surface area (Å²) in [6.07, 6.45) is 6.48. The van der Waals surface area contributed by atoms with E-state index in [-0.39, 0.29) is 0 Å². The van der Waals surface area contributed by atoms with Gasteiger partial charge < -0.3 is 10.1 Å². The van der Waals surface area contributed by atoms with Crippen molar-refractivity contribution in [1.82, 2.24) is 15.1 Å². The van der Waals surface area contributed by atoms with Gasteiger partial charge >= 0.3 is 0 Å². The number of aromatic nitrogens is 2. The normalized spacial score (nSPS) is 14.7. The van der Waals surface area contributed by atoms with Crippen molar-refractivity contribution in [2.24, 2.45) is 7.05 Å². The van der Waals surface area contributed by atoms with E-state index in [9.17, 15) is 0 Å². The molecule has 1 rings (SSSR count). The number of nitrogens with zero attached hydrogens (tertiary/aromatic N) is 2. The van der Waals surface area contributed by atoms with Crippen molar-refractivity contribution in [1.29, 1.82) is 0 Å². The molecule has 2 atom stereocenters. The lowest BCUT2D eigenvalue weighted by atomic mass is 10.0. The first-order chi connectivity index (χ1) is 8.72. The Labute approximate surface area is 111 Å². The zero-order valence-corrected chi connectivity index (χ0v) is 12.1. The van der Waals surface area contributed by atoms with Crippen LogP contribution >= 0.6 is 0 Å². The average Bonchev–Trinajstić information content (AvgIpc) is 2.79. The van der Waals surface area contributed by atoms with E-state index in [0.717, 1.165) is 32.2 Å². The lowest BCUT2D eigenvalue weighted by Crippen LogP contribution is -2.41. The molecule has 0 aliphatic heterocycles. The summed E-state index contributed by atoms with van der Waals surface area (Å²) in [5.41, 5.74) is 1.28. The zero-order valence-electron chi connectivity index (χ0n) is 12.1. The molecule has 0 spiro atoms. The first-order valence-corrected chi connectivity index (χ1v) is 6.95. The fraction of sp³-hybridized carbons (Fsp3) is 0.786. The summed E-state index contributed by atoms with van der Waals surface area (Å²) in [6, 6.07) is 2.51. The molecule has 1 aromatic rings. The van der Waals surface area contributed by atoms with Gasteiger partial charge in [-0.05, 0) is 38.3 Å². The maximum atomic E-state index is 5.57. The highest BCUT2D eigenvalue weighted by Gasteiger charge is 2.19. The summed E-state index contributed by atoms with van der Waals surface area (Å²) in [7, 11) is 3.80. The zero-order chi connectivity index (χ0) is 13.4. The number of rotatable bonds is 9. The Morgan fingerprint density at radius 1 is 1.44 bits per heavy atom. The van der Waals surface area contributed by atoms with E-state index < -0.39 is 0 Å². The lowest BCUT2D eigenvalue weighted by molar-refractivity contribution is 0.0624. The van der Waals surface area contributed by atoms with Crippen LogP contribution in [0.25, 0.3) is 0 Å². The van der Waals surface area contributed by atoms with Crippen molar-refractivity contribution < 1.29 is 4.74 Å². The molecule has 0 fully saturated rings. The summed E-state index contributed by atoms with van der Waals surface area (Å²) < 4.78 is 7.52. The third-order valence-electron chi connectivity index (χ3n) is 3.44. The first-order valence-electron chi connectivity index (χ1n) is 6.95. The van der Waals surface area contributed by atoms with Crippen molar-refractivity contribution in [2.45, 2.75) is 51.7 Å². The Hall–Kier alpha value is -0.870. The first kappa shape index (κ1) is 15.2. The predicted octanol–water partition coefficient (Wildman–Crippen LogP) is 2.15. The summed E-state index contributed by atoms with van der Waals surface area (Å²) in [5, 5.41) is 7.81. The van der Waals surface area contributed by atoms with Crippen LogP contribution in [0.1, 0.15) is 38.8 Å². The second kappa shape index (κ2) is 8.27. The van der Waals surface area contributed by atoms with Gasteiger partial charge in [-0.1, -0.05) is 13.8 Å². The smallest absolute Gasteiger partial charge is 0.0721 e. The predicted molar refractivity (Wildman–Crippen MR) is 74.7 cm³/mol. The van der Waals surface area contributed by atoms with E-state index in [0.29, 0.717) is 12.1 Å². The number of aryl methyl sites for hydroxylation is 2. The third-order valence-corrected chi connectivity index (χ3v) is 3.44. The molecular weight excluding hydrogens is 226 g/mol. The highest BCUT2D eigenvalue weighted by molar-refractivity contribution is 5.00. The van der Waals surface area contributed by atoms with Crippen LogP contribution in [0.5, 0.6) is 0 Å². The number of hydrogen-bond donors (Lipinski definition) is 1. The molecule has 4 nitrogen and oxygen atoms in total. The molecule has 104 valence electrons. The van der Waals surface area contributed by atoms with Crippen LogP contribution in [-0.4, -0.2) is 35.6 Å². The molecule has 1 aromatic heterocycles. The summed E-state index contributed by atoms with van der Waals surface area (Å²) in [4.78, 5) is 0. The van der Waals surface area contributed by atoms with Crippen LogP contribution in [0.4, 0.5) is 0 Å². The van der Waals surface area contributed by atoms with Crippen LogP contribution in [0, 0.1) is 0 Å². The third kappa shape index (κ3) is 4.42. The SMILES string of the molecule is CCCNC(CCc1ccnn1C)C(CC)OC. The van der Waals surface area contributed by atoms with Gasteiger partial charge in [0.1, 0.15) is 0 Å². The fourth-order valence-electron chi connectivity index (χ4n) is 2.31. The van der Waals surface area contributed by atoms with E-state index in [1.165, 1.54) is 5.69 Å². The highest BCUT2D eigenvalue weighted by Crippen LogP contribution is 2.11. The highest BCUT2D eigenvalue weighted by atomic mass is 16.5. The Morgan fingerprint density at radius 2 is 2.22 bits per heavy atom. The van der Waals surface area contributed by atoms with Gasteiger partial charge in [0.15, 0.2) is 0 Å². The minimum absolute atomic E-state index is 0.296. The van der Waals surface area contributed by atoms with Crippen molar-refractivity contribution in [3.05, 3.63) is 18.0 Å². The molecule has 0 saturated heterocycles. The second-order valence-electron chi connectivity index (χ2n) is 4.73. The van der Waals surface area contributed by atoms with Crippen LogP contribution < -0.4 is 5.32 Å². The van der Waals surface area contributed by atoms with Gasteiger partial charge in [0.2, 0.25) is 0 Å². The largest absolute Gasteiger partial charge is 0.380 e. The van der Waals surface area contributed by atoms with Crippen LogP contribution in [0.3, 0.4) is 0 Å². The number of hydrogen-bond acceptors (Lipinski definition) is 3. The molecule has 1 heterocycles. The monoisotopic (exact) mass is 253 g/mol.